The Balaban J connectivity index is 1.63. The molecule has 1 aromatic heterocycles. The van der Waals surface area contributed by atoms with Gasteiger partial charge in [0.05, 0.1) is 6.04 Å². The monoisotopic (exact) mass is 302 g/mol. The van der Waals surface area contributed by atoms with Crippen molar-refractivity contribution < 1.29 is 13.6 Å². The molecule has 114 valence electrons. The van der Waals surface area contributed by atoms with Crippen LogP contribution in [0.2, 0.25) is 0 Å². The summed E-state index contributed by atoms with van der Waals surface area (Å²) < 4.78 is 26.6. The number of nitrogens with one attached hydrogen (secondary N) is 1. The van der Waals surface area contributed by atoms with Crippen LogP contribution in [0, 0.1) is 17.6 Å². The average Bonchev–Trinajstić information content (AvgIpc) is 3.28. The lowest BCUT2D eigenvalue weighted by Gasteiger charge is -2.14. The molecule has 1 aliphatic carbocycles. The van der Waals surface area contributed by atoms with Crippen molar-refractivity contribution in [1.29, 1.82) is 0 Å². The van der Waals surface area contributed by atoms with Crippen molar-refractivity contribution >= 4 is 5.91 Å². The zero-order valence-corrected chi connectivity index (χ0v) is 12.1. The molecule has 1 aromatic carbocycles. The number of nitrogens with zero attached hydrogens (tertiary/aromatic N) is 1. The number of hydrogen-bond acceptors (Lipinski definition) is 2. The van der Waals surface area contributed by atoms with E-state index in [-0.39, 0.29) is 23.8 Å². The Morgan fingerprint density at radius 3 is 2.86 bits per heavy atom. The van der Waals surface area contributed by atoms with Gasteiger partial charge in [0, 0.05) is 24.4 Å². The Kier molecular flexibility index (Phi) is 3.88. The van der Waals surface area contributed by atoms with E-state index in [0.717, 1.165) is 11.6 Å². The van der Waals surface area contributed by atoms with E-state index in [0.29, 0.717) is 12.0 Å². The Labute approximate surface area is 127 Å². The fourth-order valence-electron chi connectivity index (χ4n) is 2.67. The van der Waals surface area contributed by atoms with Crippen LogP contribution in [0.25, 0.3) is 0 Å². The zero-order valence-electron chi connectivity index (χ0n) is 12.1. The van der Waals surface area contributed by atoms with Crippen molar-refractivity contribution in [2.75, 3.05) is 0 Å². The summed E-state index contributed by atoms with van der Waals surface area (Å²) >= 11 is 0. The molecular formula is C17H16F2N2O. The molecule has 3 rings (SSSR count). The van der Waals surface area contributed by atoms with Gasteiger partial charge >= 0.3 is 0 Å². The molecule has 0 bridgehead atoms. The van der Waals surface area contributed by atoms with E-state index in [1.807, 2.05) is 19.1 Å². The first kappa shape index (κ1) is 14.6. The van der Waals surface area contributed by atoms with Crippen molar-refractivity contribution in [2.45, 2.75) is 25.3 Å². The van der Waals surface area contributed by atoms with Gasteiger partial charge in [0.2, 0.25) is 5.91 Å². The van der Waals surface area contributed by atoms with Gasteiger partial charge in [-0.1, -0.05) is 12.1 Å². The van der Waals surface area contributed by atoms with Crippen molar-refractivity contribution in [1.82, 2.24) is 10.3 Å². The third-order valence-electron chi connectivity index (χ3n) is 4.03. The van der Waals surface area contributed by atoms with Gasteiger partial charge in [-0.2, -0.15) is 0 Å². The third kappa shape index (κ3) is 2.98. The summed E-state index contributed by atoms with van der Waals surface area (Å²) in [7, 11) is 0. The van der Waals surface area contributed by atoms with Gasteiger partial charge < -0.3 is 5.32 Å². The highest BCUT2D eigenvalue weighted by atomic mass is 19.1. The summed E-state index contributed by atoms with van der Waals surface area (Å²) in [5.74, 6) is -1.71. The lowest BCUT2D eigenvalue weighted by molar-refractivity contribution is -0.123. The number of pyridine rings is 1. The van der Waals surface area contributed by atoms with E-state index < -0.39 is 11.6 Å². The first-order valence-electron chi connectivity index (χ1n) is 7.21. The predicted octanol–water partition coefficient (Wildman–Crippen LogP) is 3.34. The highest BCUT2D eigenvalue weighted by Crippen LogP contribution is 2.48. The van der Waals surface area contributed by atoms with Crippen LogP contribution in [0.3, 0.4) is 0 Å². The molecule has 2 aromatic rings. The minimum absolute atomic E-state index is 0.106. The van der Waals surface area contributed by atoms with Gasteiger partial charge in [-0.25, -0.2) is 8.78 Å². The molecule has 0 radical (unpaired) electrons. The average molecular weight is 302 g/mol. The SMILES string of the molecule is C[C@H](NC(=O)[C@@H]1C[C@@H]1c1ccc(F)cc1F)c1cccnc1. The smallest absolute Gasteiger partial charge is 0.224 e. The Morgan fingerprint density at radius 1 is 1.36 bits per heavy atom. The molecule has 0 saturated heterocycles. The highest BCUT2D eigenvalue weighted by Gasteiger charge is 2.45. The molecule has 22 heavy (non-hydrogen) atoms. The lowest BCUT2D eigenvalue weighted by Crippen LogP contribution is -2.28. The molecule has 1 saturated carbocycles. The molecule has 3 atom stereocenters. The Hall–Kier alpha value is -2.30. The second-order valence-corrected chi connectivity index (χ2v) is 5.63. The van der Waals surface area contributed by atoms with E-state index in [4.69, 9.17) is 0 Å². The van der Waals surface area contributed by atoms with Crippen molar-refractivity contribution in [3.63, 3.8) is 0 Å². The summed E-state index contributed by atoms with van der Waals surface area (Å²) in [4.78, 5) is 16.2. The number of carbonyl (C=O) groups is 1. The number of benzene rings is 1. The van der Waals surface area contributed by atoms with Gasteiger partial charge in [-0.3, -0.25) is 9.78 Å². The van der Waals surface area contributed by atoms with Crippen LogP contribution in [-0.4, -0.2) is 10.9 Å². The van der Waals surface area contributed by atoms with Crippen LogP contribution in [-0.2, 0) is 4.79 Å². The molecule has 1 aliphatic rings. The van der Waals surface area contributed by atoms with E-state index >= 15 is 0 Å². The fraction of sp³-hybridized carbons (Fsp3) is 0.294. The molecule has 0 aliphatic heterocycles. The fourth-order valence-corrected chi connectivity index (χ4v) is 2.67. The van der Waals surface area contributed by atoms with Crippen LogP contribution >= 0.6 is 0 Å². The van der Waals surface area contributed by atoms with Gasteiger partial charge in [-0.15, -0.1) is 0 Å². The quantitative estimate of drug-likeness (QED) is 0.941. The van der Waals surface area contributed by atoms with Gasteiger partial charge in [-0.05, 0) is 42.5 Å². The molecule has 1 heterocycles. The lowest BCUT2D eigenvalue weighted by atomic mass is 10.1. The summed E-state index contributed by atoms with van der Waals surface area (Å²) in [6.45, 7) is 1.88. The van der Waals surface area contributed by atoms with Crippen LogP contribution < -0.4 is 5.32 Å². The third-order valence-corrected chi connectivity index (χ3v) is 4.03. The molecule has 1 N–H and O–H groups in total. The van der Waals surface area contributed by atoms with Crippen LogP contribution in [0.4, 0.5) is 8.78 Å². The van der Waals surface area contributed by atoms with E-state index in [1.165, 1.54) is 12.1 Å². The highest BCUT2D eigenvalue weighted by molar-refractivity contribution is 5.83. The Bertz CT molecular complexity index is 690. The summed E-state index contributed by atoms with van der Waals surface area (Å²) in [6.07, 6.45) is 3.97. The largest absolute Gasteiger partial charge is 0.349 e. The van der Waals surface area contributed by atoms with E-state index in [2.05, 4.69) is 10.3 Å². The molecule has 5 heteroatoms. The normalized spacial score (nSPS) is 21.2. The van der Waals surface area contributed by atoms with Gasteiger partial charge in [0.15, 0.2) is 0 Å². The summed E-state index contributed by atoms with van der Waals surface area (Å²) in [6, 6.07) is 7.06. The minimum Gasteiger partial charge on any atom is -0.349 e. The molecule has 0 spiro atoms. The maximum Gasteiger partial charge on any atom is 0.224 e. The van der Waals surface area contributed by atoms with E-state index in [1.54, 1.807) is 12.4 Å². The number of amides is 1. The Morgan fingerprint density at radius 2 is 2.18 bits per heavy atom. The van der Waals surface area contributed by atoms with E-state index in [9.17, 15) is 13.6 Å². The van der Waals surface area contributed by atoms with Crippen LogP contribution in [0.1, 0.15) is 36.4 Å². The van der Waals surface area contributed by atoms with Crippen molar-refractivity contribution in [3.8, 4) is 0 Å². The first-order valence-corrected chi connectivity index (χ1v) is 7.21. The van der Waals surface area contributed by atoms with Crippen molar-refractivity contribution in [2.24, 2.45) is 5.92 Å². The number of hydrogen-bond donors (Lipinski definition) is 1. The maximum absolute atomic E-state index is 13.7. The number of rotatable bonds is 4. The number of carbonyl (C=O) groups excluding carboxylic acids is 1. The molecule has 0 unspecified atom stereocenters. The zero-order chi connectivity index (χ0) is 15.7. The van der Waals surface area contributed by atoms with Gasteiger partial charge in [0.1, 0.15) is 11.6 Å². The number of halogens is 2. The molecule has 3 nitrogen and oxygen atoms in total. The molecule has 1 fully saturated rings. The molecular weight excluding hydrogens is 286 g/mol. The maximum atomic E-state index is 13.7. The second kappa shape index (κ2) is 5.83. The van der Waals surface area contributed by atoms with Gasteiger partial charge in [0.25, 0.3) is 0 Å². The first-order chi connectivity index (χ1) is 10.6. The van der Waals surface area contributed by atoms with Crippen LogP contribution in [0.5, 0.6) is 0 Å². The van der Waals surface area contributed by atoms with Crippen LogP contribution in [0.15, 0.2) is 42.7 Å². The number of aromatic nitrogens is 1. The summed E-state index contributed by atoms with van der Waals surface area (Å²) in [5, 5.41) is 2.91. The topological polar surface area (TPSA) is 42.0 Å². The predicted molar refractivity (Wildman–Crippen MR) is 78.0 cm³/mol. The summed E-state index contributed by atoms with van der Waals surface area (Å²) in [5.41, 5.74) is 1.33. The van der Waals surface area contributed by atoms with Crippen molar-refractivity contribution in [3.05, 3.63) is 65.5 Å². The molecule has 1 amide bonds. The second-order valence-electron chi connectivity index (χ2n) is 5.63. The minimum atomic E-state index is -0.604. The standard InChI is InChI=1S/C17H16F2N2O/c1-10(11-3-2-6-20-9-11)21-17(22)15-8-14(15)13-5-4-12(18)7-16(13)19/h2-7,9-10,14-15H,8H2,1H3,(H,21,22)/t10-,14+,15+/m0/s1.